The maximum Gasteiger partial charge on any atom is 0.265 e. The van der Waals surface area contributed by atoms with E-state index in [9.17, 15) is 0 Å². The summed E-state index contributed by atoms with van der Waals surface area (Å²) in [7, 11) is 0. The van der Waals surface area contributed by atoms with Gasteiger partial charge in [0.15, 0.2) is 0 Å². The van der Waals surface area contributed by atoms with Crippen LogP contribution in [-0.2, 0) is 20.4 Å². The summed E-state index contributed by atoms with van der Waals surface area (Å²) >= 11 is 1.90. The summed E-state index contributed by atoms with van der Waals surface area (Å²) in [5, 5.41) is 0. The van der Waals surface area contributed by atoms with Crippen molar-refractivity contribution in [3.05, 3.63) is 152 Å². The zero-order valence-corrected chi connectivity index (χ0v) is 60.4. The monoisotopic (exact) mass is 1280 g/mol. The van der Waals surface area contributed by atoms with Crippen LogP contribution in [0.1, 0.15) is 360 Å². The molecule has 2 aliphatic carbocycles. The highest BCUT2D eigenvalue weighted by atomic mass is 32.1. The van der Waals surface area contributed by atoms with E-state index in [-0.39, 0.29) is 22.6 Å². The van der Waals surface area contributed by atoms with Gasteiger partial charge >= 0.3 is 0 Å². The van der Waals surface area contributed by atoms with E-state index in [0.29, 0.717) is 11.1 Å². The third-order valence-corrected chi connectivity index (χ3v) is 24.3. The summed E-state index contributed by atoms with van der Waals surface area (Å²) in [5.74, 6) is -0.155. The van der Waals surface area contributed by atoms with E-state index in [1.807, 2.05) is 33.5 Å². The van der Waals surface area contributed by atoms with Crippen LogP contribution >= 0.6 is 11.3 Å². The lowest BCUT2D eigenvalue weighted by atomic mass is 9.69. The van der Waals surface area contributed by atoms with E-state index in [1.165, 1.54) is 317 Å². The minimum absolute atomic E-state index is 0.0774. The molecule has 0 radical (unpaired) electrons. The van der Waals surface area contributed by atoms with Gasteiger partial charge in [0.2, 0.25) is 0 Å². The van der Waals surface area contributed by atoms with Gasteiger partial charge in [-0.3, -0.25) is 19.4 Å². The number of carbonyl (C=O) groups excluding carboxylic acids is 2. The Morgan fingerprint density at radius 2 is 0.670 bits per heavy atom. The number of aryl methyl sites for hydroxylation is 1. The van der Waals surface area contributed by atoms with Crippen LogP contribution < -0.4 is 0 Å². The summed E-state index contributed by atoms with van der Waals surface area (Å²) in [6.45, 7) is 11.5. The maximum absolute atomic E-state index is 15.7. The Balaban J connectivity index is 0.943. The van der Waals surface area contributed by atoms with E-state index in [1.54, 1.807) is 0 Å². The normalized spacial score (nSPS) is 15.7. The molecule has 0 bridgehead atoms. The number of thiophene rings is 1. The second-order valence-corrected chi connectivity index (χ2v) is 31.3. The van der Waals surface area contributed by atoms with Gasteiger partial charge in [-0.1, -0.05) is 321 Å². The van der Waals surface area contributed by atoms with Crippen molar-refractivity contribution in [2.45, 2.75) is 328 Å². The highest BCUT2D eigenvalue weighted by Crippen LogP contribution is 2.60. The Morgan fingerprint density at radius 1 is 0.330 bits per heavy atom. The van der Waals surface area contributed by atoms with Gasteiger partial charge in [0.1, 0.15) is 0 Å². The Labute approximate surface area is 575 Å². The van der Waals surface area contributed by atoms with Gasteiger partial charge in [-0.2, -0.15) is 0 Å². The first-order valence-electron chi connectivity index (χ1n) is 39.5. The molecule has 0 unspecified atom stereocenters. The minimum atomic E-state index is -0.186. The molecule has 5 heterocycles. The quantitative estimate of drug-likeness (QED) is 0.0365. The predicted molar refractivity (Wildman–Crippen MR) is 405 cm³/mol. The van der Waals surface area contributed by atoms with Crippen LogP contribution in [-0.4, -0.2) is 21.6 Å². The summed E-state index contributed by atoms with van der Waals surface area (Å²) in [5.41, 5.74) is 19.2. The van der Waals surface area contributed by atoms with E-state index < -0.39 is 0 Å². The van der Waals surface area contributed by atoms with Crippen LogP contribution in [0.4, 0.5) is 0 Å². The molecule has 11 rings (SSSR count). The van der Waals surface area contributed by atoms with Gasteiger partial charge in [-0.05, 0) is 148 Å². The van der Waals surface area contributed by atoms with Gasteiger partial charge in [-0.15, -0.1) is 11.3 Å². The molecule has 6 aliphatic rings. The van der Waals surface area contributed by atoms with Crippen LogP contribution in [0.3, 0.4) is 0 Å². The molecule has 0 N–H and O–H groups in total. The molecule has 4 aromatic carbocycles. The van der Waals surface area contributed by atoms with E-state index >= 15 is 9.59 Å². The first kappa shape index (κ1) is 69.8. The molecule has 5 aromatic rings. The van der Waals surface area contributed by atoms with Crippen molar-refractivity contribution in [2.24, 2.45) is 0 Å². The van der Waals surface area contributed by atoms with Crippen LogP contribution in [0.5, 0.6) is 0 Å². The fourth-order valence-corrected chi connectivity index (χ4v) is 18.8. The number of hydrogen-bond donors (Lipinski definition) is 0. The second kappa shape index (κ2) is 34.6. The topological polar surface area (TPSA) is 40.6 Å². The Bertz CT molecular complexity index is 3420. The third-order valence-electron chi connectivity index (χ3n) is 23.2. The SMILES string of the molecule is CCCCCCCCCCCCC1(CCCCCCCCCCCC)c2ccccc2-c2cc3c(cc21)C1=C2C(=O)N4C=Cc5cc6c(cc5C4=C2C(=O)N1C=C3)C(CCCCCCCCCCCC)(CCCCCCCCCCCC)c1cc(-c2ccc(C)s2)ccc1-6. The lowest BCUT2D eigenvalue weighted by Gasteiger charge is -2.34. The van der Waals surface area contributed by atoms with Gasteiger partial charge < -0.3 is 0 Å². The molecule has 5 heteroatoms. The first-order chi connectivity index (χ1) is 46.3. The highest BCUT2D eigenvalue weighted by Gasteiger charge is 2.52. The van der Waals surface area contributed by atoms with Crippen molar-refractivity contribution >= 4 is 46.7 Å². The average Bonchev–Trinajstić information content (AvgIpc) is 1.53. The third kappa shape index (κ3) is 15.6. The van der Waals surface area contributed by atoms with E-state index in [4.69, 9.17) is 0 Å². The van der Waals surface area contributed by atoms with Crippen LogP contribution in [0.25, 0.3) is 56.2 Å². The largest absolute Gasteiger partial charge is 0.282 e. The van der Waals surface area contributed by atoms with Crippen LogP contribution in [0.15, 0.2) is 102 Å². The number of hydrogen-bond acceptors (Lipinski definition) is 3. The molecule has 0 saturated heterocycles. The summed E-state index contributed by atoms with van der Waals surface area (Å²) in [6.07, 6.45) is 65.7. The molecule has 0 fully saturated rings. The Morgan fingerprint density at radius 3 is 1.04 bits per heavy atom. The van der Waals surface area contributed by atoms with Gasteiger partial charge in [0.05, 0.1) is 22.5 Å². The molecule has 2 amide bonds. The first-order valence-corrected chi connectivity index (χ1v) is 40.3. The zero-order chi connectivity index (χ0) is 65.1. The lowest BCUT2D eigenvalue weighted by molar-refractivity contribution is -0.122. The number of amides is 2. The Kier molecular flexibility index (Phi) is 25.7. The molecular formula is C89H120N2O2S. The molecule has 504 valence electrons. The van der Waals surface area contributed by atoms with Gasteiger partial charge in [0, 0.05) is 44.1 Å². The van der Waals surface area contributed by atoms with Crippen molar-refractivity contribution < 1.29 is 9.59 Å². The fraction of sp³-hybridized carbons (Fsp3) is 0.573. The lowest BCUT2D eigenvalue weighted by Crippen LogP contribution is -2.28. The number of carbonyl (C=O) groups is 2. The van der Waals surface area contributed by atoms with Crippen molar-refractivity contribution in [3.63, 3.8) is 0 Å². The number of nitrogens with zero attached hydrogens (tertiary/aromatic N) is 2. The number of rotatable bonds is 45. The fourth-order valence-electron chi connectivity index (χ4n) is 17.9. The number of fused-ring (bicyclic) bond motifs is 13. The van der Waals surface area contributed by atoms with Crippen LogP contribution in [0.2, 0.25) is 0 Å². The van der Waals surface area contributed by atoms with Crippen molar-refractivity contribution in [2.75, 3.05) is 0 Å². The molecule has 0 spiro atoms. The molecule has 4 aliphatic heterocycles. The van der Waals surface area contributed by atoms with Crippen molar-refractivity contribution in [3.8, 4) is 32.7 Å². The summed E-state index contributed by atoms with van der Waals surface area (Å²) in [4.78, 5) is 37.9. The van der Waals surface area contributed by atoms with E-state index in [0.717, 1.165) is 59.3 Å². The number of benzene rings is 4. The highest BCUT2D eigenvalue weighted by molar-refractivity contribution is 7.15. The van der Waals surface area contributed by atoms with Crippen molar-refractivity contribution in [1.82, 2.24) is 9.80 Å². The summed E-state index contributed by atoms with van der Waals surface area (Å²) < 4.78 is 0. The molecular weight excluding hydrogens is 1160 g/mol. The molecule has 1 aromatic heterocycles. The van der Waals surface area contributed by atoms with E-state index in [2.05, 4.69) is 126 Å². The van der Waals surface area contributed by atoms with Gasteiger partial charge in [-0.25, -0.2) is 0 Å². The number of unbranched alkanes of at least 4 members (excludes halogenated alkanes) is 36. The van der Waals surface area contributed by atoms with Gasteiger partial charge in [0.25, 0.3) is 11.8 Å². The zero-order valence-electron chi connectivity index (χ0n) is 59.5. The minimum Gasteiger partial charge on any atom is -0.282 e. The van der Waals surface area contributed by atoms with Crippen LogP contribution in [0, 0.1) is 6.92 Å². The molecule has 94 heavy (non-hydrogen) atoms. The molecule has 0 atom stereocenters. The second-order valence-electron chi connectivity index (χ2n) is 30.0. The predicted octanol–water partition coefficient (Wildman–Crippen LogP) is 27.3. The molecule has 4 nitrogen and oxygen atoms in total. The standard InChI is InChI=1S/C89H120N2O2S/c1-6-10-14-18-22-26-30-34-38-44-56-88(57-45-39-35-31-27-23-19-15-11-7-2)77-49-43-42-48-71(77)75-62-68-54-60-90-84(73(68)65-79(75)88)82-83(87(90)93)85-74-66-80-76(63-69(74)55-61-91(85)86(82)92)72-52-51-70(81-53-50-67(5)94-81)64-78(72)89(80,58-46-40-36-32-28-24-20-16-12-8-3)59-47-41-37-33-29-25-21-17-13-9-4/h42-43,48-55,60-66H,6-41,44-47,56-59H2,1-5H3. The smallest absolute Gasteiger partial charge is 0.265 e. The maximum atomic E-state index is 15.7. The van der Waals surface area contributed by atoms with Crippen molar-refractivity contribution in [1.29, 1.82) is 0 Å². The average molecular weight is 1280 g/mol. The Hall–Kier alpha value is -5.52. The summed E-state index contributed by atoms with van der Waals surface area (Å²) in [6, 6.07) is 31.3. The molecule has 0 saturated carbocycles.